The molecule has 2 aromatic rings. The summed E-state index contributed by atoms with van der Waals surface area (Å²) in [6.45, 7) is 2.00. The van der Waals surface area contributed by atoms with Crippen LogP contribution in [0.4, 0.5) is 0 Å². The molecule has 3 rings (SSSR count). The Labute approximate surface area is 151 Å². The lowest BCUT2D eigenvalue weighted by atomic mass is 10.2. The fourth-order valence-corrected chi connectivity index (χ4v) is 3.91. The molecule has 1 atom stereocenters. The molecule has 1 aliphatic rings. The predicted molar refractivity (Wildman–Crippen MR) is 93.0 cm³/mol. The van der Waals surface area contributed by atoms with Crippen LogP contribution in [0.15, 0.2) is 41.8 Å². The Balaban J connectivity index is 1.56. The average Bonchev–Trinajstić information content (AvgIpc) is 3.32. The number of amides is 1. The summed E-state index contributed by atoms with van der Waals surface area (Å²) in [6, 6.07) is 5.77. The Hall–Kier alpha value is -2.30. The molecular weight excluding hydrogens is 358 g/mol. The molecular formula is C16H21N5O4S. The maximum Gasteiger partial charge on any atom is 0.251 e. The van der Waals surface area contributed by atoms with E-state index >= 15 is 0 Å². The largest absolute Gasteiger partial charge is 0.380 e. The molecule has 1 aromatic heterocycles. The molecule has 0 bridgehead atoms. The highest BCUT2D eigenvalue weighted by atomic mass is 32.2. The van der Waals surface area contributed by atoms with Gasteiger partial charge in [0.15, 0.2) is 0 Å². The zero-order valence-electron chi connectivity index (χ0n) is 14.2. The monoisotopic (exact) mass is 379 g/mol. The Morgan fingerprint density at radius 1 is 1.38 bits per heavy atom. The Kier molecular flexibility index (Phi) is 5.96. The molecule has 1 saturated heterocycles. The number of hydrogen-bond acceptors (Lipinski definition) is 6. The quantitative estimate of drug-likeness (QED) is 0.632. The van der Waals surface area contributed by atoms with Crippen molar-refractivity contribution < 1.29 is 17.9 Å². The smallest absolute Gasteiger partial charge is 0.251 e. The van der Waals surface area contributed by atoms with E-state index in [9.17, 15) is 13.2 Å². The lowest BCUT2D eigenvalue weighted by Crippen LogP contribution is -2.35. The van der Waals surface area contributed by atoms with Gasteiger partial charge in [-0.25, -0.2) is 18.1 Å². The molecule has 0 spiro atoms. The number of aryl methyl sites for hydroxylation is 1. The van der Waals surface area contributed by atoms with Crippen molar-refractivity contribution in [2.75, 3.05) is 19.8 Å². The van der Waals surface area contributed by atoms with Crippen molar-refractivity contribution in [3.05, 3.63) is 42.5 Å². The van der Waals surface area contributed by atoms with E-state index in [4.69, 9.17) is 4.74 Å². The average molecular weight is 379 g/mol. The Morgan fingerprint density at radius 2 is 2.27 bits per heavy atom. The second kappa shape index (κ2) is 8.39. The second-order valence-corrected chi connectivity index (χ2v) is 7.69. The van der Waals surface area contributed by atoms with Crippen molar-refractivity contribution >= 4 is 15.9 Å². The molecule has 2 N–H and O–H groups in total. The summed E-state index contributed by atoms with van der Waals surface area (Å²) in [4.78, 5) is 16.2. The van der Waals surface area contributed by atoms with Crippen LogP contribution in [-0.4, -0.2) is 54.9 Å². The molecule has 0 radical (unpaired) electrons. The molecule has 26 heavy (non-hydrogen) atoms. The Morgan fingerprint density at radius 3 is 3.00 bits per heavy atom. The van der Waals surface area contributed by atoms with Gasteiger partial charge in [-0.3, -0.25) is 9.48 Å². The van der Waals surface area contributed by atoms with Gasteiger partial charge in [0.25, 0.3) is 5.91 Å². The summed E-state index contributed by atoms with van der Waals surface area (Å²) in [5.41, 5.74) is 0.302. The summed E-state index contributed by atoms with van der Waals surface area (Å²) in [5, 5.41) is 6.76. The van der Waals surface area contributed by atoms with Crippen LogP contribution in [0.3, 0.4) is 0 Å². The van der Waals surface area contributed by atoms with E-state index in [1.807, 2.05) is 0 Å². The summed E-state index contributed by atoms with van der Waals surface area (Å²) < 4.78 is 34.3. The molecule has 140 valence electrons. The zero-order chi connectivity index (χ0) is 18.4. The number of hydrogen-bond donors (Lipinski definition) is 2. The third-order valence-electron chi connectivity index (χ3n) is 3.97. The van der Waals surface area contributed by atoms with Crippen LogP contribution in [-0.2, 0) is 21.3 Å². The van der Waals surface area contributed by atoms with Gasteiger partial charge in [-0.2, -0.15) is 5.10 Å². The molecule has 9 nitrogen and oxygen atoms in total. The van der Waals surface area contributed by atoms with Crippen molar-refractivity contribution in [2.45, 2.75) is 30.3 Å². The van der Waals surface area contributed by atoms with Gasteiger partial charge < -0.3 is 10.1 Å². The van der Waals surface area contributed by atoms with Gasteiger partial charge in [-0.1, -0.05) is 6.07 Å². The van der Waals surface area contributed by atoms with E-state index in [-0.39, 0.29) is 16.8 Å². The van der Waals surface area contributed by atoms with E-state index in [1.54, 1.807) is 23.1 Å². The fraction of sp³-hybridized carbons (Fsp3) is 0.438. The van der Waals surface area contributed by atoms with Crippen LogP contribution in [0.2, 0.25) is 0 Å². The minimum atomic E-state index is -3.68. The zero-order valence-corrected chi connectivity index (χ0v) is 15.0. The summed E-state index contributed by atoms with van der Waals surface area (Å²) in [6.07, 6.45) is 4.40. The van der Waals surface area contributed by atoms with E-state index in [2.05, 4.69) is 20.1 Å². The van der Waals surface area contributed by atoms with Crippen LogP contribution >= 0.6 is 0 Å². The summed E-state index contributed by atoms with van der Waals surface area (Å²) in [7, 11) is -3.68. The summed E-state index contributed by atoms with van der Waals surface area (Å²) in [5.74, 6) is -0.315. The highest BCUT2D eigenvalue weighted by Gasteiger charge is 2.24. The second-order valence-electron chi connectivity index (χ2n) is 5.98. The van der Waals surface area contributed by atoms with Crippen LogP contribution in [0.1, 0.15) is 23.2 Å². The van der Waals surface area contributed by atoms with Gasteiger partial charge >= 0.3 is 0 Å². The van der Waals surface area contributed by atoms with E-state index < -0.39 is 10.0 Å². The van der Waals surface area contributed by atoms with Crippen molar-refractivity contribution in [1.29, 1.82) is 0 Å². The van der Waals surface area contributed by atoms with Crippen LogP contribution < -0.4 is 10.0 Å². The van der Waals surface area contributed by atoms with Crippen LogP contribution in [0.25, 0.3) is 0 Å². The topological polar surface area (TPSA) is 115 Å². The van der Waals surface area contributed by atoms with Crippen molar-refractivity contribution in [2.24, 2.45) is 0 Å². The molecule has 0 aliphatic carbocycles. The first-order valence-corrected chi connectivity index (χ1v) is 9.84. The van der Waals surface area contributed by atoms with Gasteiger partial charge in [-0.15, -0.1) is 0 Å². The van der Waals surface area contributed by atoms with E-state index in [0.717, 1.165) is 0 Å². The number of aromatic nitrogens is 3. The van der Waals surface area contributed by atoms with Gasteiger partial charge in [0.05, 0.1) is 11.5 Å². The van der Waals surface area contributed by atoms with Crippen molar-refractivity contribution in [3.63, 3.8) is 0 Å². The van der Waals surface area contributed by atoms with Gasteiger partial charge in [0, 0.05) is 31.3 Å². The number of carbonyl (C=O) groups is 1. The van der Waals surface area contributed by atoms with Crippen LogP contribution in [0.5, 0.6) is 0 Å². The number of rotatable bonds is 8. The predicted octanol–water partition coefficient (Wildman–Crippen LogP) is 0.165. The van der Waals surface area contributed by atoms with Crippen molar-refractivity contribution in [1.82, 2.24) is 24.8 Å². The maximum atomic E-state index is 12.4. The van der Waals surface area contributed by atoms with E-state index in [1.165, 1.54) is 18.5 Å². The SMILES string of the molecule is O=C(NCCCn1cncn1)c1cccc(S(=O)(=O)N[C@H]2CCOC2)c1. The third-order valence-corrected chi connectivity index (χ3v) is 5.49. The Bertz CT molecular complexity index is 832. The molecule has 10 heteroatoms. The molecule has 1 amide bonds. The standard InChI is InChI=1S/C16H21N5O4S/c22-16(18-6-2-7-21-12-17-11-19-21)13-3-1-4-15(9-13)26(23,24)20-14-5-8-25-10-14/h1,3-4,9,11-12,14,20H,2,5-8,10H2,(H,18,22)/t14-/m0/s1. The molecule has 0 unspecified atom stereocenters. The number of benzene rings is 1. The molecule has 2 heterocycles. The first-order valence-electron chi connectivity index (χ1n) is 8.35. The number of sulfonamides is 1. The number of carbonyl (C=O) groups excluding carboxylic acids is 1. The van der Waals surface area contributed by atoms with Crippen LogP contribution in [0, 0.1) is 0 Å². The highest BCUT2D eigenvalue weighted by molar-refractivity contribution is 7.89. The van der Waals surface area contributed by atoms with Crippen molar-refractivity contribution in [3.8, 4) is 0 Å². The van der Waals surface area contributed by atoms with E-state index in [0.29, 0.717) is 44.7 Å². The lowest BCUT2D eigenvalue weighted by Gasteiger charge is -2.12. The normalized spacial score (nSPS) is 17.3. The third kappa shape index (κ3) is 4.87. The summed E-state index contributed by atoms with van der Waals surface area (Å²) >= 11 is 0. The minimum absolute atomic E-state index is 0.0691. The first kappa shape index (κ1) is 18.5. The molecule has 1 fully saturated rings. The van der Waals surface area contributed by atoms with Gasteiger partial charge in [-0.05, 0) is 31.0 Å². The fourth-order valence-electron chi connectivity index (χ4n) is 2.61. The van der Waals surface area contributed by atoms with Gasteiger partial charge in [0.2, 0.25) is 10.0 Å². The van der Waals surface area contributed by atoms with Gasteiger partial charge in [0.1, 0.15) is 12.7 Å². The number of nitrogens with zero attached hydrogens (tertiary/aromatic N) is 3. The lowest BCUT2D eigenvalue weighted by molar-refractivity contribution is 0.0952. The maximum absolute atomic E-state index is 12.4. The molecule has 1 aromatic carbocycles. The minimum Gasteiger partial charge on any atom is -0.380 e. The number of ether oxygens (including phenoxy) is 1. The number of nitrogens with one attached hydrogen (secondary N) is 2. The first-order chi connectivity index (χ1) is 12.5. The highest BCUT2D eigenvalue weighted by Crippen LogP contribution is 2.14. The molecule has 1 aliphatic heterocycles. The molecule has 0 saturated carbocycles.